The first-order valence-corrected chi connectivity index (χ1v) is 8.51. The minimum Gasteiger partial charge on any atom is -0.486 e. The maximum absolute atomic E-state index is 12.5. The van der Waals surface area contributed by atoms with Crippen LogP contribution in [-0.4, -0.2) is 36.1 Å². The predicted molar refractivity (Wildman–Crippen MR) is 98.8 cm³/mol. The van der Waals surface area contributed by atoms with Gasteiger partial charge < -0.3 is 19.5 Å². The first-order valence-electron chi connectivity index (χ1n) is 8.51. The molecule has 9 nitrogen and oxygen atoms in total. The van der Waals surface area contributed by atoms with E-state index in [0.717, 1.165) is 11.6 Å². The van der Waals surface area contributed by atoms with E-state index in [1.165, 1.54) is 13.0 Å². The lowest BCUT2D eigenvalue weighted by Crippen LogP contribution is -2.30. The van der Waals surface area contributed by atoms with Gasteiger partial charge >= 0.3 is 5.97 Å². The molecule has 28 heavy (non-hydrogen) atoms. The summed E-state index contributed by atoms with van der Waals surface area (Å²) in [4.78, 5) is 35.4. The number of ether oxygens (including phenoxy) is 3. The summed E-state index contributed by atoms with van der Waals surface area (Å²) in [6, 6.07) is 9.42. The Labute approximate surface area is 160 Å². The lowest BCUT2D eigenvalue weighted by Gasteiger charge is -2.19. The van der Waals surface area contributed by atoms with E-state index in [-0.39, 0.29) is 30.3 Å². The van der Waals surface area contributed by atoms with Gasteiger partial charge in [-0.15, -0.1) is 0 Å². The fourth-order valence-electron chi connectivity index (χ4n) is 2.64. The summed E-state index contributed by atoms with van der Waals surface area (Å²) in [6.07, 6.45) is -1.17. The fourth-order valence-corrected chi connectivity index (χ4v) is 2.64. The third-order valence-electron chi connectivity index (χ3n) is 4.02. The Morgan fingerprint density at radius 1 is 1.18 bits per heavy atom. The van der Waals surface area contributed by atoms with Gasteiger partial charge in [-0.1, -0.05) is 12.1 Å². The molecule has 0 saturated heterocycles. The normalized spacial score (nSPS) is 13.4. The van der Waals surface area contributed by atoms with Gasteiger partial charge in [0.2, 0.25) is 0 Å². The Kier molecular flexibility index (Phi) is 5.44. The van der Waals surface area contributed by atoms with Gasteiger partial charge in [-0.25, -0.2) is 4.79 Å². The van der Waals surface area contributed by atoms with Crippen LogP contribution in [0.4, 0.5) is 11.4 Å². The van der Waals surface area contributed by atoms with Crippen molar-refractivity contribution in [1.82, 2.24) is 0 Å². The number of hydrogen-bond donors (Lipinski definition) is 1. The second-order valence-electron chi connectivity index (χ2n) is 6.18. The molecule has 1 heterocycles. The molecule has 0 bridgehead atoms. The Morgan fingerprint density at radius 3 is 2.50 bits per heavy atom. The molecular weight excluding hydrogens is 368 g/mol. The smallest absolute Gasteiger partial charge is 0.346 e. The van der Waals surface area contributed by atoms with Crippen molar-refractivity contribution < 1.29 is 28.7 Å². The van der Waals surface area contributed by atoms with E-state index >= 15 is 0 Å². The molecule has 146 valence electrons. The highest BCUT2D eigenvalue weighted by Crippen LogP contribution is 2.37. The fraction of sp³-hybridized carbons (Fsp3) is 0.263. The van der Waals surface area contributed by atoms with Crippen molar-refractivity contribution in [3.8, 4) is 11.5 Å². The molecule has 1 atom stereocenters. The third-order valence-corrected chi connectivity index (χ3v) is 4.02. The van der Waals surface area contributed by atoms with Crippen LogP contribution < -0.4 is 14.8 Å². The highest BCUT2D eigenvalue weighted by atomic mass is 16.6. The number of esters is 1. The van der Waals surface area contributed by atoms with E-state index < -0.39 is 28.6 Å². The van der Waals surface area contributed by atoms with Crippen LogP contribution in [0.5, 0.6) is 11.5 Å². The number of rotatable bonds is 5. The SMILES string of the molecule is Cc1cccc(NC(=O)[C@H](C)OC(=O)c2cc3c(cc2[N+](=O)[O-])OCCO3)c1. The van der Waals surface area contributed by atoms with Crippen molar-refractivity contribution in [1.29, 1.82) is 0 Å². The number of hydrogen-bond acceptors (Lipinski definition) is 7. The van der Waals surface area contributed by atoms with Crippen molar-refractivity contribution in [2.45, 2.75) is 20.0 Å². The van der Waals surface area contributed by atoms with Gasteiger partial charge in [-0.3, -0.25) is 14.9 Å². The Balaban J connectivity index is 1.76. The average Bonchev–Trinajstić information content (AvgIpc) is 2.66. The number of nitrogens with one attached hydrogen (secondary N) is 1. The quantitative estimate of drug-likeness (QED) is 0.477. The van der Waals surface area contributed by atoms with Crippen LogP contribution in [0.3, 0.4) is 0 Å². The topological polar surface area (TPSA) is 117 Å². The molecule has 1 N–H and O–H groups in total. The Bertz CT molecular complexity index is 942. The molecule has 0 radical (unpaired) electrons. The largest absolute Gasteiger partial charge is 0.486 e. The van der Waals surface area contributed by atoms with Crippen LogP contribution >= 0.6 is 0 Å². The summed E-state index contributed by atoms with van der Waals surface area (Å²) in [5, 5.41) is 14.0. The number of nitro groups is 1. The zero-order chi connectivity index (χ0) is 20.3. The third kappa shape index (κ3) is 4.20. The number of aryl methyl sites for hydroxylation is 1. The predicted octanol–water partition coefficient (Wildman–Crippen LogP) is 2.86. The molecule has 0 aromatic heterocycles. The monoisotopic (exact) mass is 386 g/mol. The number of anilines is 1. The molecule has 1 aliphatic heterocycles. The summed E-state index contributed by atoms with van der Waals surface area (Å²) >= 11 is 0. The summed E-state index contributed by atoms with van der Waals surface area (Å²) in [6.45, 7) is 3.77. The van der Waals surface area contributed by atoms with Crippen LogP contribution in [0, 0.1) is 17.0 Å². The van der Waals surface area contributed by atoms with Crippen molar-refractivity contribution in [2.75, 3.05) is 18.5 Å². The summed E-state index contributed by atoms with van der Waals surface area (Å²) in [5.41, 5.74) is 0.706. The number of benzene rings is 2. The number of carbonyl (C=O) groups is 2. The maximum atomic E-state index is 12.5. The van der Waals surface area contributed by atoms with Crippen LogP contribution in [0.1, 0.15) is 22.8 Å². The summed E-state index contributed by atoms with van der Waals surface area (Å²) < 4.78 is 15.8. The van der Waals surface area contributed by atoms with Crippen molar-refractivity contribution in [3.05, 3.63) is 57.6 Å². The average molecular weight is 386 g/mol. The molecule has 0 aliphatic carbocycles. The summed E-state index contributed by atoms with van der Waals surface area (Å²) in [5.74, 6) is -1.17. The molecule has 1 amide bonds. The number of nitro benzene ring substituents is 1. The van der Waals surface area contributed by atoms with E-state index in [4.69, 9.17) is 14.2 Å². The second kappa shape index (κ2) is 7.95. The number of fused-ring (bicyclic) bond motifs is 1. The second-order valence-corrected chi connectivity index (χ2v) is 6.18. The van der Waals surface area contributed by atoms with Gasteiger partial charge in [0.15, 0.2) is 17.6 Å². The van der Waals surface area contributed by atoms with Crippen molar-refractivity contribution in [2.24, 2.45) is 0 Å². The lowest BCUT2D eigenvalue weighted by molar-refractivity contribution is -0.385. The number of carbonyl (C=O) groups excluding carboxylic acids is 2. The standard InChI is InChI=1S/C19H18N2O7/c1-11-4-3-5-13(8-11)20-18(22)12(2)28-19(23)14-9-16-17(27-7-6-26-16)10-15(14)21(24)25/h3-5,8-10,12H,6-7H2,1-2H3,(H,20,22)/t12-/m0/s1. The van der Waals surface area contributed by atoms with Crippen molar-refractivity contribution in [3.63, 3.8) is 0 Å². The highest BCUT2D eigenvalue weighted by molar-refractivity contribution is 5.99. The molecule has 1 aliphatic rings. The van der Waals surface area contributed by atoms with E-state index in [0.29, 0.717) is 5.69 Å². The molecule has 0 fully saturated rings. The molecule has 0 unspecified atom stereocenters. The summed E-state index contributed by atoms with van der Waals surface area (Å²) in [7, 11) is 0. The minimum atomic E-state index is -1.17. The van der Waals surface area contributed by atoms with E-state index in [1.54, 1.807) is 18.2 Å². The van der Waals surface area contributed by atoms with E-state index in [9.17, 15) is 19.7 Å². The minimum absolute atomic E-state index is 0.180. The molecule has 3 rings (SSSR count). The zero-order valence-electron chi connectivity index (χ0n) is 15.3. The van der Waals surface area contributed by atoms with Crippen LogP contribution in [-0.2, 0) is 9.53 Å². The highest BCUT2D eigenvalue weighted by Gasteiger charge is 2.29. The van der Waals surface area contributed by atoms with Gasteiger partial charge in [0, 0.05) is 11.8 Å². The molecule has 0 saturated carbocycles. The Morgan fingerprint density at radius 2 is 1.86 bits per heavy atom. The molecule has 0 spiro atoms. The molecule has 2 aromatic rings. The van der Waals surface area contributed by atoms with Gasteiger partial charge in [-0.2, -0.15) is 0 Å². The molecule has 2 aromatic carbocycles. The maximum Gasteiger partial charge on any atom is 0.346 e. The first kappa shape index (κ1) is 19.2. The van der Waals surface area contributed by atoms with Crippen LogP contribution in [0.15, 0.2) is 36.4 Å². The number of nitrogens with zero attached hydrogens (tertiary/aromatic N) is 1. The zero-order valence-corrected chi connectivity index (χ0v) is 15.3. The lowest BCUT2D eigenvalue weighted by atomic mass is 10.1. The van der Waals surface area contributed by atoms with E-state index in [1.807, 2.05) is 13.0 Å². The van der Waals surface area contributed by atoms with Crippen molar-refractivity contribution >= 4 is 23.3 Å². The van der Waals surface area contributed by atoms with Crippen LogP contribution in [0.25, 0.3) is 0 Å². The van der Waals surface area contributed by atoms with Gasteiger partial charge in [0.1, 0.15) is 18.8 Å². The molecule has 9 heteroatoms. The van der Waals surface area contributed by atoms with E-state index in [2.05, 4.69) is 5.32 Å². The van der Waals surface area contributed by atoms with Crippen LogP contribution in [0.2, 0.25) is 0 Å². The first-order chi connectivity index (χ1) is 13.3. The molecular formula is C19H18N2O7. The Hall–Kier alpha value is -3.62. The van der Waals surface area contributed by atoms with Gasteiger partial charge in [-0.05, 0) is 31.5 Å². The van der Waals surface area contributed by atoms with Gasteiger partial charge in [0.05, 0.1) is 11.0 Å². The number of amides is 1. The van der Waals surface area contributed by atoms with Gasteiger partial charge in [0.25, 0.3) is 11.6 Å².